The minimum absolute atomic E-state index is 0.157. The fourth-order valence-electron chi connectivity index (χ4n) is 2.12. The molecule has 0 aliphatic rings. The number of aromatic nitrogens is 2. The molecule has 110 valence electrons. The lowest BCUT2D eigenvalue weighted by Gasteiger charge is -2.18. The largest absolute Gasteiger partial charge is 0.333 e. The van der Waals surface area contributed by atoms with Crippen molar-refractivity contribution in [1.29, 1.82) is 0 Å². The van der Waals surface area contributed by atoms with E-state index in [0.717, 1.165) is 40.0 Å². The van der Waals surface area contributed by atoms with E-state index in [1.165, 1.54) is 4.88 Å². The first-order chi connectivity index (χ1) is 9.67. The fraction of sp³-hybridized carbons (Fsp3) is 0.500. The van der Waals surface area contributed by atoms with Crippen molar-refractivity contribution in [2.24, 2.45) is 0 Å². The van der Waals surface area contributed by atoms with Crippen molar-refractivity contribution in [2.45, 2.75) is 39.3 Å². The molecule has 0 bridgehead atoms. The lowest BCUT2D eigenvalue weighted by atomic mass is 10.2. The Kier molecular flexibility index (Phi) is 6.26. The van der Waals surface area contributed by atoms with E-state index >= 15 is 0 Å². The number of imidazole rings is 1. The molecule has 0 aliphatic carbocycles. The van der Waals surface area contributed by atoms with Gasteiger partial charge in [-0.1, -0.05) is 13.8 Å². The van der Waals surface area contributed by atoms with Crippen LogP contribution in [0.5, 0.6) is 0 Å². The molecule has 0 aromatic carbocycles. The van der Waals surface area contributed by atoms with Crippen molar-refractivity contribution in [3.8, 4) is 0 Å². The molecule has 0 fully saturated rings. The Bertz CT molecular complexity index is 531. The number of hydrogen-bond acceptors (Lipinski definition) is 3. The van der Waals surface area contributed by atoms with Crippen LogP contribution in [0, 0.1) is 0 Å². The highest BCUT2D eigenvalue weighted by molar-refractivity contribution is 9.13. The Labute approximate surface area is 141 Å². The van der Waals surface area contributed by atoms with Gasteiger partial charge >= 0.3 is 0 Å². The van der Waals surface area contributed by atoms with Crippen molar-refractivity contribution in [3.05, 3.63) is 37.4 Å². The molecule has 2 heterocycles. The third kappa shape index (κ3) is 3.72. The Morgan fingerprint density at radius 2 is 2.15 bits per heavy atom. The van der Waals surface area contributed by atoms with Crippen LogP contribution in [0.15, 0.2) is 26.7 Å². The molecule has 3 nitrogen and oxygen atoms in total. The van der Waals surface area contributed by atoms with E-state index < -0.39 is 0 Å². The van der Waals surface area contributed by atoms with Gasteiger partial charge in [0, 0.05) is 28.3 Å². The summed E-state index contributed by atoms with van der Waals surface area (Å²) in [5.41, 5.74) is 0. The zero-order valence-corrected chi connectivity index (χ0v) is 15.7. The van der Waals surface area contributed by atoms with Gasteiger partial charge in [-0.15, -0.1) is 11.3 Å². The smallest absolute Gasteiger partial charge is 0.131 e. The maximum Gasteiger partial charge on any atom is 0.131 e. The van der Waals surface area contributed by atoms with E-state index in [0.29, 0.717) is 0 Å². The van der Waals surface area contributed by atoms with Crippen LogP contribution in [0.25, 0.3) is 0 Å². The van der Waals surface area contributed by atoms with Crippen LogP contribution in [0.1, 0.15) is 43.4 Å². The summed E-state index contributed by atoms with van der Waals surface area (Å²) in [4.78, 5) is 5.86. The first-order valence-corrected chi connectivity index (χ1v) is 9.26. The quantitative estimate of drug-likeness (QED) is 0.685. The van der Waals surface area contributed by atoms with E-state index in [4.69, 9.17) is 0 Å². The number of halogens is 2. The molecular weight excluding hydrogens is 402 g/mol. The second-order valence-corrected chi connectivity index (χ2v) is 7.89. The zero-order chi connectivity index (χ0) is 14.5. The van der Waals surface area contributed by atoms with Crippen LogP contribution in [-0.2, 0) is 6.54 Å². The average molecular weight is 421 g/mol. The molecule has 2 rings (SSSR count). The number of thiophene rings is 1. The first-order valence-electron chi connectivity index (χ1n) is 6.86. The normalized spacial score (nSPS) is 12.8. The van der Waals surface area contributed by atoms with Gasteiger partial charge < -0.3 is 9.88 Å². The van der Waals surface area contributed by atoms with Crippen LogP contribution in [0.4, 0.5) is 0 Å². The molecule has 1 atom stereocenters. The molecule has 0 saturated carbocycles. The third-order valence-corrected chi connectivity index (χ3v) is 6.34. The maximum atomic E-state index is 4.58. The van der Waals surface area contributed by atoms with Crippen LogP contribution in [-0.4, -0.2) is 16.1 Å². The summed E-state index contributed by atoms with van der Waals surface area (Å²) in [6.45, 7) is 6.36. The van der Waals surface area contributed by atoms with E-state index in [1.54, 1.807) is 11.3 Å². The van der Waals surface area contributed by atoms with E-state index in [1.807, 2.05) is 6.20 Å². The highest BCUT2D eigenvalue weighted by atomic mass is 79.9. The third-order valence-electron chi connectivity index (χ3n) is 3.02. The second-order valence-electron chi connectivity index (χ2n) is 4.64. The zero-order valence-electron chi connectivity index (χ0n) is 11.7. The minimum atomic E-state index is 0.157. The predicted molar refractivity (Wildman–Crippen MR) is 92.4 cm³/mol. The summed E-state index contributed by atoms with van der Waals surface area (Å²) in [6.07, 6.45) is 6.18. The van der Waals surface area contributed by atoms with Gasteiger partial charge in [0.05, 0.1) is 3.79 Å². The SMILES string of the molecule is CCCNC(c1cc(Br)c(Br)s1)c1nccn1CCC. The molecule has 1 N–H and O–H groups in total. The topological polar surface area (TPSA) is 29.9 Å². The summed E-state index contributed by atoms with van der Waals surface area (Å²) >= 11 is 8.91. The Morgan fingerprint density at radius 1 is 1.35 bits per heavy atom. The van der Waals surface area contributed by atoms with Crippen molar-refractivity contribution in [1.82, 2.24) is 14.9 Å². The van der Waals surface area contributed by atoms with Gasteiger partial charge in [-0.2, -0.15) is 0 Å². The molecule has 2 aromatic heterocycles. The average Bonchev–Trinajstić information content (AvgIpc) is 3.00. The van der Waals surface area contributed by atoms with Gasteiger partial charge in [0.1, 0.15) is 11.9 Å². The van der Waals surface area contributed by atoms with Gasteiger partial charge in [0.2, 0.25) is 0 Å². The van der Waals surface area contributed by atoms with E-state index in [-0.39, 0.29) is 6.04 Å². The van der Waals surface area contributed by atoms with Gasteiger partial charge in [-0.3, -0.25) is 0 Å². The molecule has 2 aromatic rings. The molecule has 0 spiro atoms. The van der Waals surface area contributed by atoms with Gasteiger partial charge in [-0.25, -0.2) is 4.98 Å². The fourth-order valence-corrected chi connectivity index (χ4v) is 4.29. The predicted octanol–water partition coefficient (Wildman–Crippen LogP) is 4.97. The highest BCUT2D eigenvalue weighted by Gasteiger charge is 2.21. The molecule has 1 unspecified atom stereocenters. The van der Waals surface area contributed by atoms with Crippen LogP contribution >= 0.6 is 43.2 Å². The van der Waals surface area contributed by atoms with E-state index in [2.05, 4.69) is 72.8 Å². The molecule has 0 saturated heterocycles. The lowest BCUT2D eigenvalue weighted by Crippen LogP contribution is -2.25. The lowest BCUT2D eigenvalue weighted by molar-refractivity contribution is 0.535. The van der Waals surface area contributed by atoms with Crippen LogP contribution in [0.3, 0.4) is 0 Å². The molecular formula is C14H19Br2N3S. The molecule has 0 aliphatic heterocycles. The maximum absolute atomic E-state index is 4.58. The summed E-state index contributed by atoms with van der Waals surface area (Å²) in [7, 11) is 0. The van der Waals surface area contributed by atoms with Crippen LogP contribution < -0.4 is 5.32 Å². The van der Waals surface area contributed by atoms with Crippen molar-refractivity contribution in [2.75, 3.05) is 6.54 Å². The standard InChI is InChI=1S/C14H19Br2N3S/c1-3-5-17-12(11-9-10(15)13(16)20-11)14-18-6-8-19(14)7-4-2/h6,8-9,12,17H,3-5,7H2,1-2H3. The van der Waals surface area contributed by atoms with Crippen molar-refractivity contribution in [3.63, 3.8) is 0 Å². The Morgan fingerprint density at radius 3 is 2.75 bits per heavy atom. The monoisotopic (exact) mass is 419 g/mol. The first kappa shape index (κ1) is 16.2. The Hall–Kier alpha value is -0.170. The van der Waals surface area contributed by atoms with Gasteiger partial charge in [0.25, 0.3) is 0 Å². The van der Waals surface area contributed by atoms with Crippen LogP contribution in [0.2, 0.25) is 0 Å². The number of aryl methyl sites for hydroxylation is 1. The second kappa shape index (κ2) is 7.73. The summed E-state index contributed by atoms with van der Waals surface area (Å²) in [5, 5.41) is 3.61. The molecule has 0 amide bonds. The van der Waals surface area contributed by atoms with Crippen molar-refractivity contribution < 1.29 is 0 Å². The Balaban J connectivity index is 2.33. The minimum Gasteiger partial charge on any atom is -0.333 e. The summed E-state index contributed by atoms with van der Waals surface area (Å²) in [5.74, 6) is 1.10. The number of nitrogens with zero attached hydrogens (tertiary/aromatic N) is 2. The number of nitrogens with one attached hydrogen (secondary N) is 1. The van der Waals surface area contributed by atoms with Gasteiger partial charge in [-0.05, 0) is 57.3 Å². The number of rotatable bonds is 7. The van der Waals surface area contributed by atoms with E-state index in [9.17, 15) is 0 Å². The number of hydrogen-bond donors (Lipinski definition) is 1. The van der Waals surface area contributed by atoms with Gasteiger partial charge in [0.15, 0.2) is 0 Å². The molecule has 20 heavy (non-hydrogen) atoms. The van der Waals surface area contributed by atoms with Crippen molar-refractivity contribution >= 4 is 43.2 Å². The summed E-state index contributed by atoms with van der Waals surface area (Å²) in [6, 6.07) is 2.33. The molecule has 0 radical (unpaired) electrons. The summed E-state index contributed by atoms with van der Waals surface area (Å²) < 4.78 is 4.48. The molecule has 6 heteroatoms. The highest BCUT2D eigenvalue weighted by Crippen LogP contribution is 2.37.